The number of nitrogens with one attached hydrogen (secondary N) is 1. The molecule has 5 heteroatoms. The van der Waals surface area contributed by atoms with Crippen molar-refractivity contribution < 1.29 is 9.30 Å². The van der Waals surface area contributed by atoms with E-state index in [1.54, 1.807) is 6.07 Å². The number of aromatic nitrogens is 3. The Morgan fingerprint density at radius 1 is 1.07 bits per heavy atom. The van der Waals surface area contributed by atoms with Crippen molar-refractivity contribution in [2.75, 3.05) is 0 Å². The average Bonchev–Trinajstić information content (AvgIpc) is 2.74. The Kier molecular flexibility index (Phi) is 5.38. The summed E-state index contributed by atoms with van der Waals surface area (Å²) in [6.45, 7) is 5.74. The maximum absolute atomic E-state index is 12.4. The van der Waals surface area contributed by atoms with Crippen LogP contribution in [0, 0.1) is 6.92 Å². The largest absolute Gasteiger partial charge is 0.488 e. The van der Waals surface area contributed by atoms with Gasteiger partial charge in [-0.2, -0.15) is 0 Å². The highest BCUT2D eigenvalue weighted by molar-refractivity contribution is 5.80. The lowest BCUT2D eigenvalue weighted by molar-refractivity contribution is -0.702. The first-order chi connectivity index (χ1) is 14.2. The van der Waals surface area contributed by atoms with Crippen LogP contribution in [0.25, 0.3) is 22.3 Å². The third-order valence-corrected chi connectivity index (χ3v) is 4.93. The van der Waals surface area contributed by atoms with Gasteiger partial charge in [0.1, 0.15) is 24.7 Å². The van der Waals surface area contributed by atoms with Crippen LogP contribution < -0.4 is 14.9 Å². The highest BCUT2D eigenvalue weighted by Crippen LogP contribution is 2.28. The van der Waals surface area contributed by atoms with Crippen molar-refractivity contribution in [3.63, 3.8) is 0 Å². The lowest BCUT2D eigenvalue weighted by atomic mass is 10.1. The Bertz CT molecular complexity index is 1210. The molecule has 2 aromatic carbocycles. The molecular weight excluding hydrogens is 362 g/mol. The molecule has 0 amide bonds. The molecule has 0 unspecified atom stereocenters. The van der Waals surface area contributed by atoms with Gasteiger partial charge >= 0.3 is 0 Å². The fraction of sp³-hybridized carbons (Fsp3) is 0.208. The van der Waals surface area contributed by atoms with E-state index in [2.05, 4.69) is 46.7 Å². The van der Waals surface area contributed by atoms with Crippen LogP contribution in [0.4, 0.5) is 0 Å². The third kappa shape index (κ3) is 4.04. The fourth-order valence-electron chi connectivity index (χ4n) is 3.45. The Hall–Kier alpha value is -3.47. The minimum Gasteiger partial charge on any atom is -0.488 e. The Morgan fingerprint density at radius 2 is 1.86 bits per heavy atom. The van der Waals surface area contributed by atoms with Crippen LogP contribution in [0.2, 0.25) is 0 Å². The van der Waals surface area contributed by atoms with E-state index in [-0.39, 0.29) is 5.56 Å². The van der Waals surface area contributed by atoms with Gasteiger partial charge in [-0.15, -0.1) is 0 Å². The van der Waals surface area contributed by atoms with Crippen molar-refractivity contribution in [1.29, 1.82) is 0 Å². The quantitative estimate of drug-likeness (QED) is 0.506. The molecule has 0 saturated heterocycles. The summed E-state index contributed by atoms with van der Waals surface area (Å²) in [6, 6.07) is 19.2. The van der Waals surface area contributed by atoms with Gasteiger partial charge in [-0.3, -0.25) is 4.79 Å². The number of hydrogen-bond acceptors (Lipinski definition) is 3. The van der Waals surface area contributed by atoms with Crippen LogP contribution in [0.5, 0.6) is 5.75 Å². The molecular formula is C24H24N3O2+. The number of pyridine rings is 1. The van der Waals surface area contributed by atoms with Crippen LogP contribution in [-0.2, 0) is 13.2 Å². The minimum absolute atomic E-state index is 0.153. The monoisotopic (exact) mass is 386 g/mol. The number of hydrogen-bond donors (Lipinski definition) is 1. The Labute approximate surface area is 169 Å². The zero-order valence-electron chi connectivity index (χ0n) is 16.7. The molecule has 0 spiro atoms. The number of H-pyrrole nitrogens is 1. The predicted molar refractivity (Wildman–Crippen MR) is 114 cm³/mol. The van der Waals surface area contributed by atoms with E-state index in [1.165, 1.54) is 5.69 Å². The lowest BCUT2D eigenvalue weighted by Gasteiger charge is -2.12. The molecule has 0 fully saturated rings. The van der Waals surface area contributed by atoms with E-state index < -0.39 is 0 Å². The van der Waals surface area contributed by atoms with Crippen LogP contribution in [-0.4, -0.2) is 9.97 Å². The maximum Gasteiger partial charge on any atom is 0.259 e. The molecule has 2 aromatic heterocycles. The summed E-state index contributed by atoms with van der Waals surface area (Å²) in [5.41, 5.74) is 3.59. The molecule has 0 aliphatic carbocycles. The van der Waals surface area contributed by atoms with Gasteiger partial charge in [0, 0.05) is 31.0 Å². The first-order valence-electron chi connectivity index (χ1n) is 9.86. The first-order valence-corrected chi connectivity index (χ1v) is 9.86. The molecule has 1 N–H and O–H groups in total. The molecule has 0 saturated carbocycles. The summed E-state index contributed by atoms with van der Waals surface area (Å²) in [4.78, 5) is 20.0. The Morgan fingerprint density at radius 3 is 2.69 bits per heavy atom. The second-order valence-corrected chi connectivity index (χ2v) is 7.09. The number of ether oxygens (including phenoxy) is 1. The van der Waals surface area contributed by atoms with Crippen molar-refractivity contribution in [2.45, 2.75) is 33.4 Å². The van der Waals surface area contributed by atoms with Crippen LogP contribution in [0.1, 0.15) is 24.6 Å². The van der Waals surface area contributed by atoms with E-state index in [0.717, 1.165) is 24.1 Å². The SMILES string of the molecule is CCC[n+]1ccc(COc2ccccc2-c2nc3ccccc3c(=O)[nH]2)cc1C. The van der Waals surface area contributed by atoms with Gasteiger partial charge < -0.3 is 9.72 Å². The summed E-state index contributed by atoms with van der Waals surface area (Å²) < 4.78 is 8.35. The number of aryl methyl sites for hydroxylation is 2. The zero-order valence-corrected chi connectivity index (χ0v) is 16.7. The highest BCUT2D eigenvalue weighted by Gasteiger charge is 2.12. The van der Waals surface area contributed by atoms with Gasteiger partial charge in [0.25, 0.3) is 5.56 Å². The second-order valence-electron chi connectivity index (χ2n) is 7.09. The molecule has 0 radical (unpaired) electrons. The molecule has 5 nitrogen and oxygen atoms in total. The third-order valence-electron chi connectivity index (χ3n) is 4.93. The molecule has 4 aromatic rings. The number of rotatable bonds is 6. The summed E-state index contributed by atoms with van der Waals surface area (Å²) >= 11 is 0. The highest BCUT2D eigenvalue weighted by atomic mass is 16.5. The van der Waals surface area contributed by atoms with Gasteiger partial charge in [0.05, 0.1) is 16.5 Å². The van der Waals surface area contributed by atoms with Gasteiger partial charge in [0.2, 0.25) is 0 Å². The van der Waals surface area contributed by atoms with E-state index in [1.807, 2.05) is 42.5 Å². The van der Waals surface area contributed by atoms with Crippen molar-refractivity contribution >= 4 is 10.9 Å². The number of benzene rings is 2. The number of nitrogens with zero attached hydrogens (tertiary/aromatic N) is 2. The maximum atomic E-state index is 12.4. The predicted octanol–water partition coefficient (Wildman–Crippen LogP) is 4.18. The molecule has 0 aliphatic rings. The number of aromatic amines is 1. The molecule has 146 valence electrons. The van der Waals surface area contributed by atoms with Crippen molar-refractivity contribution in [2.24, 2.45) is 0 Å². The number of para-hydroxylation sites is 2. The van der Waals surface area contributed by atoms with E-state index in [4.69, 9.17) is 4.74 Å². The van der Waals surface area contributed by atoms with Crippen molar-refractivity contribution in [3.05, 3.63) is 88.5 Å². The summed E-state index contributed by atoms with van der Waals surface area (Å²) in [7, 11) is 0. The lowest BCUT2D eigenvalue weighted by Crippen LogP contribution is -2.36. The standard InChI is InChI=1S/C24H23N3O2/c1-3-13-27-14-12-18(15-17(27)2)16-29-22-11-7-5-9-20(22)23-25-21-10-6-4-8-19(21)24(28)26-23/h4-12,14-15H,3,13,16H2,1-2H3/p+1. The number of fused-ring (bicyclic) bond motifs is 1. The van der Waals surface area contributed by atoms with Crippen LogP contribution in [0.15, 0.2) is 71.7 Å². The minimum atomic E-state index is -0.153. The summed E-state index contributed by atoms with van der Waals surface area (Å²) in [6.07, 6.45) is 3.21. The molecule has 2 heterocycles. The molecule has 0 atom stereocenters. The van der Waals surface area contributed by atoms with Crippen LogP contribution >= 0.6 is 0 Å². The molecule has 29 heavy (non-hydrogen) atoms. The van der Waals surface area contributed by atoms with Crippen molar-refractivity contribution in [3.8, 4) is 17.1 Å². The van der Waals surface area contributed by atoms with Gasteiger partial charge in [0.15, 0.2) is 11.9 Å². The summed E-state index contributed by atoms with van der Waals surface area (Å²) in [5.74, 6) is 1.20. The van der Waals surface area contributed by atoms with Gasteiger partial charge in [-0.25, -0.2) is 9.55 Å². The zero-order chi connectivity index (χ0) is 20.2. The van der Waals surface area contributed by atoms with Gasteiger partial charge in [-0.05, 0) is 24.3 Å². The van der Waals surface area contributed by atoms with Crippen molar-refractivity contribution in [1.82, 2.24) is 9.97 Å². The van der Waals surface area contributed by atoms with Gasteiger partial charge in [-0.1, -0.05) is 31.2 Å². The van der Waals surface area contributed by atoms with E-state index >= 15 is 0 Å². The molecule has 0 bridgehead atoms. The fourth-order valence-corrected chi connectivity index (χ4v) is 3.45. The molecule has 4 rings (SSSR count). The average molecular weight is 386 g/mol. The van der Waals surface area contributed by atoms with E-state index in [0.29, 0.717) is 29.1 Å². The van der Waals surface area contributed by atoms with Crippen LogP contribution in [0.3, 0.4) is 0 Å². The smallest absolute Gasteiger partial charge is 0.259 e. The molecule has 0 aliphatic heterocycles. The summed E-state index contributed by atoms with van der Waals surface area (Å²) in [5, 5.41) is 0.579. The Balaban J connectivity index is 1.63. The second kappa shape index (κ2) is 8.27. The topological polar surface area (TPSA) is 58.9 Å². The van der Waals surface area contributed by atoms with E-state index in [9.17, 15) is 4.79 Å². The first kappa shape index (κ1) is 18.9. The normalized spacial score (nSPS) is 11.0.